The van der Waals surface area contributed by atoms with Crippen molar-refractivity contribution in [3.05, 3.63) is 33.8 Å². The maximum atomic E-state index is 11.4. The summed E-state index contributed by atoms with van der Waals surface area (Å²) in [7, 11) is 0. The number of aliphatic imine (C=N–C) groups is 1. The summed E-state index contributed by atoms with van der Waals surface area (Å²) in [6.07, 6.45) is 0. The lowest BCUT2D eigenvalue weighted by molar-refractivity contribution is -0.120. The number of benzene rings is 1. The summed E-state index contributed by atoms with van der Waals surface area (Å²) < 4.78 is 0. The fourth-order valence-corrected chi connectivity index (χ4v) is 1.64. The molecular formula is C9H7Cl2N3O. The Kier molecular flexibility index (Phi) is 2.54. The molecular weight excluding hydrogens is 237 g/mol. The molecule has 1 aliphatic rings. The fourth-order valence-electron chi connectivity index (χ4n) is 1.33. The molecule has 0 radical (unpaired) electrons. The molecule has 6 heteroatoms. The molecule has 4 nitrogen and oxygen atoms in total. The zero-order valence-electron chi connectivity index (χ0n) is 7.50. The van der Waals surface area contributed by atoms with Gasteiger partial charge in [-0.2, -0.15) is 0 Å². The van der Waals surface area contributed by atoms with Crippen LogP contribution in [0, 0.1) is 0 Å². The zero-order valence-corrected chi connectivity index (χ0v) is 9.01. The quantitative estimate of drug-likeness (QED) is 0.785. The van der Waals surface area contributed by atoms with Crippen LogP contribution in [0.5, 0.6) is 0 Å². The standard InChI is InChI=1S/C9H7Cl2N3O/c10-5-2-1-4(3-6(5)11)7-8(15)14-9(12)13-7/h1-3,7H,(H3,12,13,14,15). The van der Waals surface area contributed by atoms with E-state index in [-0.39, 0.29) is 11.9 Å². The molecule has 1 aromatic carbocycles. The van der Waals surface area contributed by atoms with E-state index in [9.17, 15) is 4.79 Å². The summed E-state index contributed by atoms with van der Waals surface area (Å²) in [5.41, 5.74) is 6.05. The van der Waals surface area contributed by atoms with Crippen molar-refractivity contribution in [2.24, 2.45) is 10.7 Å². The normalized spacial score (nSPS) is 20.0. The number of rotatable bonds is 1. The lowest BCUT2D eigenvalue weighted by Gasteiger charge is -2.05. The van der Waals surface area contributed by atoms with E-state index in [1.54, 1.807) is 18.2 Å². The van der Waals surface area contributed by atoms with Crippen LogP contribution in [0.4, 0.5) is 0 Å². The first-order chi connectivity index (χ1) is 7.08. The summed E-state index contributed by atoms with van der Waals surface area (Å²) in [4.78, 5) is 15.3. The van der Waals surface area contributed by atoms with Gasteiger partial charge >= 0.3 is 0 Å². The Balaban J connectivity index is 2.38. The number of carbonyl (C=O) groups is 1. The van der Waals surface area contributed by atoms with Crippen LogP contribution in [0.2, 0.25) is 10.0 Å². The largest absolute Gasteiger partial charge is 0.370 e. The molecule has 3 N–H and O–H groups in total. The van der Waals surface area contributed by atoms with Gasteiger partial charge in [-0.1, -0.05) is 29.3 Å². The first-order valence-electron chi connectivity index (χ1n) is 4.17. The highest BCUT2D eigenvalue weighted by molar-refractivity contribution is 6.42. The lowest BCUT2D eigenvalue weighted by Crippen LogP contribution is -2.31. The molecule has 0 saturated carbocycles. The van der Waals surface area contributed by atoms with Gasteiger partial charge in [-0.15, -0.1) is 0 Å². The molecule has 1 amide bonds. The maximum Gasteiger partial charge on any atom is 0.256 e. The third-order valence-electron chi connectivity index (χ3n) is 2.03. The summed E-state index contributed by atoms with van der Waals surface area (Å²) in [5.74, 6) is -0.137. The summed E-state index contributed by atoms with van der Waals surface area (Å²) >= 11 is 11.6. The van der Waals surface area contributed by atoms with E-state index < -0.39 is 6.04 Å². The Hall–Kier alpha value is -1.26. The van der Waals surface area contributed by atoms with Gasteiger partial charge in [-0.05, 0) is 17.7 Å². The first-order valence-corrected chi connectivity index (χ1v) is 4.92. The number of nitrogens with zero attached hydrogens (tertiary/aromatic N) is 1. The second-order valence-electron chi connectivity index (χ2n) is 3.08. The first kappa shape index (κ1) is 10.3. The number of amides is 1. The molecule has 15 heavy (non-hydrogen) atoms. The summed E-state index contributed by atoms with van der Waals surface area (Å²) in [6.45, 7) is 0. The molecule has 0 aromatic heterocycles. The Morgan fingerprint density at radius 3 is 2.60 bits per heavy atom. The topological polar surface area (TPSA) is 67.5 Å². The Labute approximate surface area is 96.1 Å². The minimum absolute atomic E-state index is 0.121. The van der Waals surface area contributed by atoms with Crippen LogP contribution in [-0.4, -0.2) is 11.9 Å². The average Bonchev–Trinajstić information content (AvgIpc) is 2.50. The van der Waals surface area contributed by atoms with Crippen LogP contribution < -0.4 is 11.1 Å². The Morgan fingerprint density at radius 1 is 1.33 bits per heavy atom. The van der Waals surface area contributed by atoms with Gasteiger partial charge in [0, 0.05) is 0 Å². The second-order valence-corrected chi connectivity index (χ2v) is 3.89. The highest BCUT2D eigenvalue weighted by Gasteiger charge is 2.26. The second kappa shape index (κ2) is 3.72. The third-order valence-corrected chi connectivity index (χ3v) is 2.77. The lowest BCUT2D eigenvalue weighted by atomic mass is 10.1. The van der Waals surface area contributed by atoms with Crippen molar-refractivity contribution in [3.8, 4) is 0 Å². The predicted molar refractivity (Wildman–Crippen MR) is 59.0 cm³/mol. The Morgan fingerprint density at radius 2 is 2.07 bits per heavy atom. The number of guanidine groups is 1. The molecule has 0 saturated heterocycles. The van der Waals surface area contributed by atoms with Gasteiger partial charge in [-0.3, -0.25) is 10.1 Å². The van der Waals surface area contributed by atoms with E-state index in [0.717, 1.165) is 0 Å². The van der Waals surface area contributed by atoms with Crippen molar-refractivity contribution in [1.82, 2.24) is 5.32 Å². The van der Waals surface area contributed by atoms with Crippen molar-refractivity contribution in [3.63, 3.8) is 0 Å². The fraction of sp³-hybridized carbons (Fsp3) is 0.111. The van der Waals surface area contributed by atoms with E-state index in [1.165, 1.54) is 0 Å². The van der Waals surface area contributed by atoms with Gasteiger partial charge in [0.25, 0.3) is 5.91 Å². The van der Waals surface area contributed by atoms with Gasteiger partial charge in [0.1, 0.15) is 0 Å². The van der Waals surface area contributed by atoms with Gasteiger partial charge < -0.3 is 5.73 Å². The van der Waals surface area contributed by atoms with Crippen molar-refractivity contribution < 1.29 is 4.79 Å². The molecule has 1 heterocycles. The number of halogens is 2. The number of carbonyl (C=O) groups excluding carboxylic acids is 1. The SMILES string of the molecule is NC1=NC(c2ccc(Cl)c(Cl)c2)C(=O)N1. The number of hydrogen-bond acceptors (Lipinski definition) is 3. The van der Waals surface area contributed by atoms with E-state index in [1.807, 2.05) is 0 Å². The molecule has 0 bridgehead atoms. The molecule has 1 aromatic rings. The smallest absolute Gasteiger partial charge is 0.256 e. The minimum atomic E-state index is -0.625. The van der Waals surface area contributed by atoms with E-state index in [0.29, 0.717) is 15.6 Å². The van der Waals surface area contributed by atoms with Crippen molar-refractivity contribution >= 4 is 35.1 Å². The third kappa shape index (κ3) is 1.91. The molecule has 78 valence electrons. The van der Waals surface area contributed by atoms with Crippen molar-refractivity contribution in [2.75, 3.05) is 0 Å². The Bertz CT molecular complexity index is 459. The van der Waals surface area contributed by atoms with Gasteiger partial charge in [0.2, 0.25) is 0 Å². The highest BCUT2D eigenvalue weighted by atomic mass is 35.5. The van der Waals surface area contributed by atoms with Crippen LogP contribution in [-0.2, 0) is 4.79 Å². The highest BCUT2D eigenvalue weighted by Crippen LogP contribution is 2.28. The van der Waals surface area contributed by atoms with Crippen molar-refractivity contribution in [1.29, 1.82) is 0 Å². The minimum Gasteiger partial charge on any atom is -0.370 e. The molecule has 0 aliphatic carbocycles. The molecule has 1 atom stereocenters. The molecule has 0 fully saturated rings. The van der Waals surface area contributed by atoms with Crippen molar-refractivity contribution in [2.45, 2.75) is 6.04 Å². The van der Waals surface area contributed by atoms with Gasteiger partial charge in [-0.25, -0.2) is 4.99 Å². The van der Waals surface area contributed by atoms with Crippen LogP contribution in [0.3, 0.4) is 0 Å². The molecule has 0 spiro atoms. The van der Waals surface area contributed by atoms with E-state index in [4.69, 9.17) is 28.9 Å². The van der Waals surface area contributed by atoms with Gasteiger partial charge in [0.15, 0.2) is 12.0 Å². The average molecular weight is 244 g/mol. The zero-order chi connectivity index (χ0) is 11.0. The maximum absolute atomic E-state index is 11.4. The van der Waals surface area contributed by atoms with Crippen LogP contribution in [0.1, 0.15) is 11.6 Å². The summed E-state index contributed by atoms with van der Waals surface area (Å²) in [6, 6.07) is 4.30. The molecule has 1 unspecified atom stereocenters. The van der Waals surface area contributed by atoms with Gasteiger partial charge in [0.05, 0.1) is 10.0 Å². The summed E-state index contributed by atoms with van der Waals surface area (Å²) in [5, 5.41) is 3.24. The van der Waals surface area contributed by atoms with Crippen LogP contribution >= 0.6 is 23.2 Å². The molecule has 1 aliphatic heterocycles. The number of nitrogens with two attached hydrogens (primary N) is 1. The van der Waals surface area contributed by atoms with Crippen LogP contribution in [0.15, 0.2) is 23.2 Å². The predicted octanol–water partition coefficient (Wildman–Crippen LogP) is 1.48. The monoisotopic (exact) mass is 243 g/mol. The number of hydrogen-bond donors (Lipinski definition) is 2. The van der Waals surface area contributed by atoms with E-state index in [2.05, 4.69) is 10.3 Å². The number of nitrogens with one attached hydrogen (secondary N) is 1. The van der Waals surface area contributed by atoms with Crippen LogP contribution in [0.25, 0.3) is 0 Å². The van der Waals surface area contributed by atoms with E-state index >= 15 is 0 Å². The molecule has 2 rings (SSSR count).